The van der Waals surface area contributed by atoms with Crippen LogP contribution >= 0.6 is 23.2 Å². The van der Waals surface area contributed by atoms with Gasteiger partial charge in [-0.05, 0) is 35.9 Å². The van der Waals surface area contributed by atoms with Crippen molar-refractivity contribution in [2.75, 3.05) is 0 Å². The number of nitro groups is 1. The standard InChI is InChI=1S/C19H13Cl2N3O6/c20-12-4-1-10(2-5-12)9-29-15-6-3-11(7-13(15)21)18(22)23-14-8-16(24(27)28)30-17(14)19(25)26/h1-8H,9H2,(H2,22,23)(H,25,26). The van der Waals surface area contributed by atoms with Crippen molar-refractivity contribution < 1.29 is 24.0 Å². The van der Waals surface area contributed by atoms with E-state index < -0.39 is 22.5 Å². The molecule has 0 saturated carbocycles. The normalized spacial score (nSPS) is 11.3. The summed E-state index contributed by atoms with van der Waals surface area (Å²) in [6.07, 6.45) is 0. The number of carboxylic acids is 1. The van der Waals surface area contributed by atoms with Crippen molar-refractivity contribution in [2.24, 2.45) is 10.7 Å². The summed E-state index contributed by atoms with van der Waals surface area (Å²) in [6, 6.07) is 12.6. The fourth-order valence-corrected chi connectivity index (χ4v) is 2.77. The van der Waals surface area contributed by atoms with Gasteiger partial charge in [-0.1, -0.05) is 35.3 Å². The summed E-state index contributed by atoms with van der Waals surface area (Å²) in [5, 5.41) is 20.8. The van der Waals surface area contributed by atoms with Crippen molar-refractivity contribution in [2.45, 2.75) is 6.61 Å². The number of nitrogens with zero attached hydrogens (tertiary/aromatic N) is 2. The second-order valence-electron chi connectivity index (χ2n) is 5.92. The topological polar surface area (TPSA) is 141 Å². The first-order chi connectivity index (χ1) is 14.2. The third-order valence-corrected chi connectivity index (χ3v) is 4.40. The molecule has 0 amide bonds. The zero-order valence-corrected chi connectivity index (χ0v) is 16.6. The van der Waals surface area contributed by atoms with Gasteiger partial charge < -0.3 is 20.0 Å². The van der Waals surface area contributed by atoms with Gasteiger partial charge in [-0.25, -0.2) is 9.79 Å². The molecule has 0 aliphatic rings. The average Bonchev–Trinajstić information content (AvgIpc) is 3.12. The maximum atomic E-state index is 11.2. The number of ether oxygens (including phenoxy) is 1. The second kappa shape index (κ2) is 8.85. The summed E-state index contributed by atoms with van der Waals surface area (Å²) in [6.45, 7) is 0.264. The Kier molecular flexibility index (Phi) is 6.24. The molecule has 0 atom stereocenters. The van der Waals surface area contributed by atoms with E-state index in [0.29, 0.717) is 16.3 Å². The lowest BCUT2D eigenvalue weighted by atomic mass is 10.2. The third kappa shape index (κ3) is 4.88. The van der Waals surface area contributed by atoms with Crippen molar-refractivity contribution in [1.29, 1.82) is 0 Å². The van der Waals surface area contributed by atoms with Crippen LogP contribution in [0.25, 0.3) is 0 Å². The lowest BCUT2D eigenvalue weighted by Gasteiger charge is -2.10. The Balaban J connectivity index is 1.81. The van der Waals surface area contributed by atoms with Crippen molar-refractivity contribution in [3.63, 3.8) is 0 Å². The average molecular weight is 450 g/mol. The van der Waals surface area contributed by atoms with Crippen LogP contribution < -0.4 is 10.5 Å². The number of carboxylic acid groups (broad SMARTS) is 1. The molecule has 0 bridgehead atoms. The van der Waals surface area contributed by atoms with E-state index in [1.54, 1.807) is 24.3 Å². The molecule has 1 aromatic heterocycles. The van der Waals surface area contributed by atoms with Crippen molar-refractivity contribution >= 4 is 46.6 Å². The molecule has 0 fully saturated rings. The number of halogens is 2. The number of rotatable bonds is 7. The predicted octanol–water partition coefficient (Wildman–Crippen LogP) is 4.81. The molecule has 0 spiro atoms. The second-order valence-corrected chi connectivity index (χ2v) is 6.76. The van der Waals surface area contributed by atoms with Crippen molar-refractivity contribution in [3.05, 3.63) is 85.6 Å². The minimum Gasteiger partial charge on any atom is -0.487 e. The summed E-state index contributed by atoms with van der Waals surface area (Å²) in [5.41, 5.74) is 6.88. The highest BCUT2D eigenvalue weighted by molar-refractivity contribution is 6.32. The molecule has 154 valence electrons. The van der Waals surface area contributed by atoms with Gasteiger partial charge in [-0.15, -0.1) is 0 Å². The Hall–Kier alpha value is -3.56. The highest BCUT2D eigenvalue weighted by Crippen LogP contribution is 2.30. The molecule has 0 aliphatic heterocycles. The lowest BCUT2D eigenvalue weighted by molar-refractivity contribution is -0.402. The maximum absolute atomic E-state index is 11.2. The van der Waals surface area contributed by atoms with Crippen LogP contribution in [0.5, 0.6) is 5.75 Å². The number of hydrogen-bond donors (Lipinski definition) is 2. The number of furan rings is 1. The fourth-order valence-electron chi connectivity index (χ4n) is 2.41. The molecule has 0 aliphatic carbocycles. The molecule has 9 nitrogen and oxygen atoms in total. The molecule has 3 aromatic rings. The zero-order valence-electron chi connectivity index (χ0n) is 15.0. The molecule has 0 unspecified atom stereocenters. The number of amidine groups is 1. The van der Waals surface area contributed by atoms with E-state index in [1.807, 2.05) is 12.1 Å². The van der Waals surface area contributed by atoms with Gasteiger partial charge in [0.2, 0.25) is 5.76 Å². The molecule has 3 N–H and O–H groups in total. The van der Waals surface area contributed by atoms with Gasteiger partial charge in [0.15, 0.2) is 0 Å². The summed E-state index contributed by atoms with van der Waals surface area (Å²) in [5.74, 6) is -2.69. The summed E-state index contributed by atoms with van der Waals surface area (Å²) in [7, 11) is 0. The number of nitrogens with two attached hydrogens (primary N) is 1. The smallest absolute Gasteiger partial charge is 0.436 e. The van der Waals surface area contributed by atoms with Gasteiger partial charge in [-0.3, -0.25) is 10.1 Å². The SMILES string of the molecule is NC(=Nc1cc([N+](=O)[O-])oc1C(=O)O)c1ccc(OCc2ccc(Cl)cc2)c(Cl)c1. The Bertz CT molecular complexity index is 1140. The van der Waals surface area contributed by atoms with E-state index in [0.717, 1.165) is 11.6 Å². The van der Waals surface area contributed by atoms with E-state index >= 15 is 0 Å². The van der Waals surface area contributed by atoms with Crippen LogP contribution in [0.15, 0.2) is 57.9 Å². The number of aromatic carboxylic acids is 1. The van der Waals surface area contributed by atoms with Crippen LogP contribution in [0.2, 0.25) is 10.0 Å². The highest BCUT2D eigenvalue weighted by Gasteiger charge is 2.24. The molecule has 30 heavy (non-hydrogen) atoms. The Labute approximate surface area is 179 Å². The van der Waals surface area contributed by atoms with Gasteiger partial charge in [0, 0.05) is 10.6 Å². The van der Waals surface area contributed by atoms with E-state index in [9.17, 15) is 14.9 Å². The van der Waals surface area contributed by atoms with Crippen LogP contribution in [0.4, 0.5) is 11.6 Å². The van der Waals surface area contributed by atoms with Crippen molar-refractivity contribution in [1.82, 2.24) is 0 Å². The predicted molar refractivity (Wildman–Crippen MR) is 110 cm³/mol. The number of carbonyl (C=O) groups is 1. The lowest BCUT2D eigenvalue weighted by Crippen LogP contribution is -2.13. The molecule has 0 radical (unpaired) electrons. The number of benzene rings is 2. The van der Waals surface area contributed by atoms with Gasteiger partial charge in [0.25, 0.3) is 0 Å². The fraction of sp³-hybridized carbons (Fsp3) is 0.0526. The van der Waals surface area contributed by atoms with Crippen LogP contribution in [-0.2, 0) is 6.61 Å². The van der Waals surface area contributed by atoms with Crippen molar-refractivity contribution in [3.8, 4) is 5.75 Å². The summed E-state index contributed by atoms with van der Waals surface area (Å²) in [4.78, 5) is 25.1. The third-order valence-electron chi connectivity index (χ3n) is 3.85. The first-order valence-electron chi connectivity index (χ1n) is 8.27. The van der Waals surface area contributed by atoms with Gasteiger partial charge in [0.05, 0.1) is 11.1 Å². The van der Waals surface area contributed by atoms with Crippen LogP contribution in [0.1, 0.15) is 21.7 Å². The van der Waals surface area contributed by atoms with Gasteiger partial charge >= 0.3 is 11.9 Å². The maximum Gasteiger partial charge on any atom is 0.436 e. The number of hydrogen-bond acceptors (Lipinski definition) is 6. The van der Waals surface area contributed by atoms with E-state index in [2.05, 4.69) is 9.41 Å². The molecular weight excluding hydrogens is 437 g/mol. The number of aliphatic imine (C=N–C) groups is 1. The summed E-state index contributed by atoms with van der Waals surface area (Å²) < 4.78 is 10.4. The quantitative estimate of drug-likeness (QED) is 0.228. The largest absolute Gasteiger partial charge is 0.487 e. The molecule has 2 aromatic carbocycles. The highest BCUT2D eigenvalue weighted by atomic mass is 35.5. The molecule has 0 saturated heterocycles. The molecule has 1 heterocycles. The zero-order chi connectivity index (χ0) is 21.8. The first kappa shape index (κ1) is 21.2. The van der Waals surface area contributed by atoms with Crippen LogP contribution in [0, 0.1) is 10.1 Å². The Morgan fingerprint density at radius 1 is 1.20 bits per heavy atom. The van der Waals surface area contributed by atoms with Gasteiger partial charge in [0.1, 0.15) is 28.8 Å². The van der Waals surface area contributed by atoms with E-state index in [-0.39, 0.29) is 23.2 Å². The molecular formula is C19H13Cl2N3O6. The van der Waals surface area contributed by atoms with Crippen LogP contribution in [-0.4, -0.2) is 21.8 Å². The van der Waals surface area contributed by atoms with E-state index in [4.69, 9.17) is 38.8 Å². The Morgan fingerprint density at radius 3 is 2.50 bits per heavy atom. The minimum absolute atomic E-state index is 0.112. The first-order valence-corrected chi connectivity index (χ1v) is 9.03. The Morgan fingerprint density at radius 2 is 1.90 bits per heavy atom. The summed E-state index contributed by atoms with van der Waals surface area (Å²) >= 11 is 12.1. The minimum atomic E-state index is -1.52. The monoisotopic (exact) mass is 449 g/mol. The van der Waals surface area contributed by atoms with E-state index in [1.165, 1.54) is 6.07 Å². The van der Waals surface area contributed by atoms with Gasteiger partial charge in [-0.2, -0.15) is 0 Å². The molecule has 11 heteroatoms. The molecule has 3 rings (SSSR count). The van der Waals surface area contributed by atoms with Crippen LogP contribution in [0.3, 0.4) is 0 Å².